The van der Waals surface area contributed by atoms with Crippen molar-refractivity contribution < 1.29 is 22.7 Å². The van der Waals surface area contributed by atoms with Crippen LogP contribution in [-0.2, 0) is 11.0 Å². The summed E-state index contributed by atoms with van der Waals surface area (Å²) >= 11 is 0. The SMILES string of the molecule is CC(C)C1CCC(C(=O)N2CC(Oc3ncccc3C(F)(F)F)C2)CC1. The second-order valence-electron chi connectivity index (χ2n) is 7.69. The zero-order chi connectivity index (χ0) is 18.9. The van der Waals surface area contributed by atoms with E-state index in [1.54, 1.807) is 4.90 Å². The van der Waals surface area contributed by atoms with Gasteiger partial charge in [-0.2, -0.15) is 13.2 Å². The lowest BCUT2D eigenvalue weighted by Gasteiger charge is -2.42. The van der Waals surface area contributed by atoms with Crippen molar-refractivity contribution in [1.82, 2.24) is 9.88 Å². The van der Waals surface area contributed by atoms with Crippen molar-refractivity contribution in [2.75, 3.05) is 13.1 Å². The summed E-state index contributed by atoms with van der Waals surface area (Å²) in [6.45, 7) is 5.10. The van der Waals surface area contributed by atoms with E-state index >= 15 is 0 Å². The van der Waals surface area contributed by atoms with Gasteiger partial charge in [0.05, 0.1) is 13.1 Å². The number of carbonyl (C=O) groups excluding carboxylic acids is 1. The van der Waals surface area contributed by atoms with E-state index in [-0.39, 0.29) is 11.8 Å². The lowest BCUT2D eigenvalue weighted by atomic mass is 9.76. The Morgan fingerprint density at radius 2 is 1.88 bits per heavy atom. The van der Waals surface area contributed by atoms with E-state index in [1.807, 2.05) is 0 Å². The highest BCUT2D eigenvalue weighted by Crippen LogP contribution is 2.37. The fourth-order valence-corrected chi connectivity index (χ4v) is 3.84. The molecule has 2 heterocycles. The number of aromatic nitrogens is 1. The lowest BCUT2D eigenvalue weighted by Crippen LogP contribution is -2.58. The van der Waals surface area contributed by atoms with Crippen LogP contribution in [0.3, 0.4) is 0 Å². The van der Waals surface area contributed by atoms with Gasteiger partial charge in [-0.3, -0.25) is 4.79 Å². The molecule has 144 valence electrons. The Hall–Kier alpha value is -1.79. The molecule has 0 radical (unpaired) electrons. The molecular weight excluding hydrogens is 345 g/mol. The number of carbonyl (C=O) groups is 1. The molecule has 0 atom stereocenters. The molecule has 2 fully saturated rings. The van der Waals surface area contributed by atoms with Gasteiger partial charge in [-0.1, -0.05) is 13.8 Å². The first kappa shape index (κ1) is 19.0. The molecule has 1 saturated carbocycles. The number of hydrogen-bond acceptors (Lipinski definition) is 3. The average molecular weight is 370 g/mol. The molecule has 1 saturated heterocycles. The van der Waals surface area contributed by atoms with E-state index in [1.165, 1.54) is 12.3 Å². The maximum absolute atomic E-state index is 13.0. The van der Waals surface area contributed by atoms with Gasteiger partial charge < -0.3 is 9.64 Å². The zero-order valence-corrected chi connectivity index (χ0v) is 15.1. The van der Waals surface area contributed by atoms with Crippen LogP contribution in [0.4, 0.5) is 13.2 Å². The van der Waals surface area contributed by atoms with Crippen LogP contribution in [0.25, 0.3) is 0 Å². The number of pyridine rings is 1. The number of ether oxygens (including phenoxy) is 1. The van der Waals surface area contributed by atoms with Crippen LogP contribution in [0.5, 0.6) is 5.88 Å². The summed E-state index contributed by atoms with van der Waals surface area (Å²) in [7, 11) is 0. The van der Waals surface area contributed by atoms with Crippen LogP contribution in [0.2, 0.25) is 0 Å². The highest BCUT2D eigenvalue weighted by atomic mass is 19.4. The van der Waals surface area contributed by atoms with Crippen molar-refractivity contribution in [1.29, 1.82) is 0 Å². The van der Waals surface area contributed by atoms with Gasteiger partial charge in [-0.05, 0) is 49.7 Å². The molecule has 3 rings (SSSR count). The van der Waals surface area contributed by atoms with Gasteiger partial charge in [0, 0.05) is 12.1 Å². The van der Waals surface area contributed by atoms with Gasteiger partial charge >= 0.3 is 6.18 Å². The van der Waals surface area contributed by atoms with Gasteiger partial charge in [0.25, 0.3) is 0 Å². The maximum atomic E-state index is 13.0. The van der Waals surface area contributed by atoms with E-state index in [4.69, 9.17) is 4.74 Å². The Morgan fingerprint density at radius 1 is 1.23 bits per heavy atom. The van der Waals surface area contributed by atoms with Crippen molar-refractivity contribution in [3.8, 4) is 5.88 Å². The van der Waals surface area contributed by atoms with Crippen LogP contribution in [-0.4, -0.2) is 35.0 Å². The number of hydrogen-bond donors (Lipinski definition) is 0. The van der Waals surface area contributed by atoms with E-state index in [9.17, 15) is 18.0 Å². The van der Waals surface area contributed by atoms with Gasteiger partial charge in [-0.15, -0.1) is 0 Å². The zero-order valence-electron chi connectivity index (χ0n) is 15.1. The summed E-state index contributed by atoms with van der Waals surface area (Å²) in [6, 6.07) is 2.19. The highest BCUT2D eigenvalue weighted by molar-refractivity contribution is 5.79. The molecule has 0 bridgehead atoms. The second kappa shape index (κ2) is 7.45. The Balaban J connectivity index is 1.50. The number of rotatable bonds is 4. The minimum absolute atomic E-state index is 0.0477. The van der Waals surface area contributed by atoms with Crippen LogP contribution < -0.4 is 4.74 Å². The monoisotopic (exact) mass is 370 g/mol. The first-order chi connectivity index (χ1) is 12.3. The van der Waals surface area contributed by atoms with Gasteiger partial charge in [-0.25, -0.2) is 4.98 Å². The molecule has 1 aliphatic heterocycles. The van der Waals surface area contributed by atoms with E-state index in [2.05, 4.69) is 18.8 Å². The lowest BCUT2D eigenvalue weighted by molar-refractivity contribution is -0.148. The molecule has 0 N–H and O–H groups in total. The van der Waals surface area contributed by atoms with Crippen LogP contribution in [0, 0.1) is 17.8 Å². The molecule has 4 nitrogen and oxygen atoms in total. The minimum Gasteiger partial charge on any atom is -0.470 e. The molecule has 0 aromatic carbocycles. The fraction of sp³-hybridized carbons (Fsp3) is 0.684. The summed E-state index contributed by atoms with van der Waals surface area (Å²) in [4.78, 5) is 18.0. The number of alkyl halides is 3. The Bertz CT molecular complexity index is 634. The molecule has 1 aliphatic carbocycles. The van der Waals surface area contributed by atoms with Crippen molar-refractivity contribution in [2.24, 2.45) is 17.8 Å². The Morgan fingerprint density at radius 3 is 2.46 bits per heavy atom. The Kier molecular flexibility index (Phi) is 5.44. The van der Waals surface area contributed by atoms with Crippen molar-refractivity contribution in [2.45, 2.75) is 51.8 Å². The summed E-state index contributed by atoms with van der Waals surface area (Å²) in [5.74, 6) is 1.09. The number of amides is 1. The largest absolute Gasteiger partial charge is 0.470 e. The summed E-state index contributed by atoms with van der Waals surface area (Å²) in [5.41, 5.74) is -0.878. The molecule has 0 unspecified atom stereocenters. The predicted molar refractivity (Wildman–Crippen MR) is 90.5 cm³/mol. The molecule has 1 amide bonds. The number of nitrogens with zero attached hydrogens (tertiary/aromatic N) is 2. The Labute approximate surface area is 151 Å². The van der Waals surface area contributed by atoms with Crippen molar-refractivity contribution in [3.63, 3.8) is 0 Å². The van der Waals surface area contributed by atoms with Crippen LogP contribution >= 0.6 is 0 Å². The van der Waals surface area contributed by atoms with E-state index < -0.39 is 23.7 Å². The minimum atomic E-state index is -4.50. The molecular formula is C19H25F3N2O2. The van der Waals surface area contributed by atoms with Crippen LogP contribution in [0.1, 0.15) is 45.1 Å². The molecule has 7 heteroatoms. The second-order valence-corrected chi connectivity index (χ2v) is 7.69. The number of halogens is 3. The smallest absolute Gasteiger partial charge is 0.421 e. The van der Waals surface area contributed by atoms with Crippen molar-refractivity contribution in [3.05, 3.63) is 23.9 Å². The molecule has 26 heavy (non-hydrogen) atoms. The van der Waals surface area contributed by atoms with Crippen LogP contribution in [0.15, 0.2) is 18.3 Å². The predicted octanol–water partition coefficient (Wildman–Crippen LogP) is 4.15. The van der Waals surface area contributed by atoms with Crippen molar-refractivity contribution >= 4 is 5.91 Å². The topological polar surface area (TPSA) is 42.4 Å². The standard InChI is InChI=1S/C19H25F3N2O2/c1-12(2)13-5-7-14(8-6-13)18(25)24-10-15(11-24)26-17-16(19(20,21)22)4-3-9-23-17/h3-4,9,12-15H,5-8,10-11H2,1-2H3. The quantitative estimate of drug-likeness (QED) is 0.800. The summed E-state index contributed by atoms with van der Waals surface area (Å²) in [6.07, 6.45) is 0.304. The van der Waals surface area contributed by atoms with E-state index in [0.717, 1.165) is 31.7 Å². The molecule has 1 aromatic rings. The molecule has 1 aromatic heterocycles. The van der Waals surface area contributed by atoms with E-state index in [0.29, 0.717) is 24.9 Å². The van der Waals surface area contributed by atoms with Gasteiger partial charge in [0.1, 0.15) is 11.7 Å². The first-order valence-corrected chi connectivity index (χ1v) is 9.23. The summed E-state index contributed by atoms with van der Waals surface area (Å²) in [5, 5.41) is 0. The third-order valence-electron chi connectivity index (χ3n) is 5.58. The third kappa shape index (κ3) is 4.13. The third-order valence-corrected chi connectivity index (χ3v) is 5.58. The van der Waals surface area contributed by atoms with Gasteiger partial charge in [0.2, 0.25) is 11.8 Å². The fourth-order valence-electron chi connectivity index (χ4n) is 3.84. The van der Waals surface area contributed by atoms with Gasteiger partial charge in [0.15, 0.2) is 0 Å². The molecule has 0 spiro atoms. The normalized spacial score (nSPS) is 24.5. The number of likely N-dealkylation sites (tertiary alicyclic amines) is 1. The molecule has 2 aliphatic rings. The maximum Gasteiger partial charge on any atom is 0.421 e. The highest BCUT2D eigenvalue weighted by Gasteiger charge is 2.40. The average Bonchev–Trinajstić information content (AvgIpc) is 2.56. The summed E-state index contributed by atoms with van der Waals surface area (Å²) < 4.78 is 44.3. The first-order valence-electron chi connectivity index (χ1n) is 9.23.